The molecule has 0 aliphatic carbocycles. The molecule has 1 aromatic carbocycles. The summed E-state index contributed by atoms with van der Waals surface area (Å²) < 4.78 is 0. The number of likely N-dealkylation sites (N-methyl/N-ethyl adjacent to an activating group) is 1. The second-order valence-corrected chi connectivity index (χ2v) is 5.90. The van der Waals surface area contributed by atoms with E-state index in [4.69, 9.17) is 0 Å². The minimum absolute atomic E-state index is 0.139. The van der Waals surface area contributed by atoms with E-state index in [2.05, 4.69) is 35.5 Å². The molecule has 0 radical (unpaired) electrons. The maximum absolute atomic E-state index is 12.8. The highest BCUT2D eigenvalue weighted by Crippen LogP contribution is 2.27. The van der Waals surface area contributed by atoms with Crippen LogP contribution in [0.1, 0.15) is 18.4 Å². The average Bonchev–Trinajstić information content (AvgIpc) is 2.66. The molecule has 1 fully saturated rings. The van der Waals surface area contributed by atoms with Gasteiger partial charge in [0.25, 0.3) is 0 Å². The Morgan fingerprint density at radius 1 is 1.30 bits per heavy atom. The highest BCUT2D eigenvalue weighted by molar-refractivity contribution is 5.96. The van der Waals surface area contributed by atoms with Crippen molar-refractivity contribution in [1.29, 1.82) is 0 Å². The van der Waals surface area contributed by atoms with Gasteiger partial charge in [0, 0.05) is 31.9 Å². The zero-order valence-electron chi connectivity index (χ0n) is 12.1. The molecule has 1 N–H and O–H groups in total. The van der Waals surface area contributed by atoms with Crippen molar-refractivity contribution in [1.82, 2.24) is 10.2 Å². The van der Waals surface area contributed by atoms with E-state index in [9.17, 15) is 4.79 Å². The van der Waals surface area contributed by atoms with Crippen LogP contribution < -0.4 is 10.2 Å². The molecule has 1 aromatic rings. The maximum atomic E-state index is 12.8. The van der Waals surface area contributed by atoms with Gasteiger partial charge in [-0.25, -0.2) is 0 Å². The predicted octanol–water partition coefficient (Wildman–Crippen LogP) is 1.46. The van der Waals surface area contributed by atoms with Crippen LogP contribution in [0.5, 0.6) is 0 Å². The molecule has 0 spiro atoms. The largest absolute Gasteiger partial charge is 0.316 e. The topological polar surface area (TPSA) is 35.6 Å². The van der Waals surface area contributed by atoms with Gasteiger partial charge in [0.2, 0.25) is 5.91 Å². The fourth-order valence-corrected chi connectivity index (χ4v) is 3.18. The van der Waals surface area contributed by atoms with Crippen LogP contribution in [0.4, 0.5) is 5.69 Å². The molecular formula is C16H23N3O. The number of hydrogen-bond acceptors (Lipinski definition) is 3. The Kier molecular flexibility index (Phi) is 4.03. The van der Waals surface area contributed by atoms with Gasteiger partial charge in [-0.1, -0.05) is 18.2 Å². The highest BCUT2D eigenvalue weighted by Gasteiger charge is 2.29. The van der Waals surface area contributed by atoms with Crippen molar-refractivity contribution >= 4 is 11.6 Å². The number of anilines is 1. The first kappa shape index (κ1) is 13.6. The van der Waals surface area contributed by atoms with Crippen LogP contribution in [0.3, 0.4) is 0 Å². The Labute approximate surface area is 120 Å². The number of rotatable bonds is 1. The average molecular weight is 273 g/mol. The summed E-state index contributed by atoms with van der Waals surface area (Å²) in [6.07, 6.45) is 2.12. The smallest absolute Gasteiger partial charge is 0.231 e. The first-order valence-electron chi connectivity index (χ1n) is 7.54. The summed E-state index contributed by atoms with van der Waals surface area (Å²) in [4.78, 5) is 17.1. The lowest BCUT2D eigenvalue weighted by atomic mass is 9.97. The molecule has 108 valence electrons. The zero-order valence-corrected chi connectivity index (χ0v) is 12.1. The van der Waals surface area contributed by atoms with E-state index in [-0.39, 0.29) is 5.92 Å². The molecule has 1 saturated heterocycles. The second kappa shape index (κ2) is 5.94. The lowest BCUT2D eigenvalue weighted by molar-refractivity contribution is -0.122. The van der Waals surface area contributed by atoms with Crippen LogP contribution in [0, 0.1) is 5.92 Å². The summed E-state index contributed by atoms with van der Waals surface area (Å²) in [6, 6.07) is 8.31. The van der Waals surface area contributed by atoms with E-state index in [1.54, 1.807) is 0 Å². The first-order valence-corrected chi connectivity index (χ1v) is 7.54. The van der Waals surface area contributed by atoms with Crippen molar-refractivity contribution in [3.8, 4) is 0 Å². The van der Waals surface area contributed by atoms with Gasteiger partial charge in [0.1, 0.15) is 0 Å². The van der Waals surface area contributed by atoms with Gasteiger partial charge in [0.05, 0.1) is 5.92 Å². The quantitative estimate of drug-likeness (QED) is 0.841. The molecule has 2 heterocycles. The number of nitrogens with zero attached hydrogens (tertiary/aromatic N) is 2. The lowest BCUT2D eigenvalue weighted by Gasteiger charge is -2.29. The Balaban J connectivity index is 1.86. The molecule has 0 bridgehead atoms. The normalized spacial score (nSPS) is 24.1. The molecule has 20 heavy (non-hydrogen) atoms. The Morgan fingerprint density at radius 2 is 2.15 bits per heavy atom. The maximum Gasteiger partial charge on any atom is 0.231 e. The third kappa shape index (κ3) is 2.72. The molecule has 2 aliphatic rings. The minimum Gasteiger partial charge on any atom is -0.316 e. The van der Waals surface area contributed by atoms with Crippen LogP contribution in [0.25, 0.3) is 0 Å². The minimum atomic E-state index is 0.139. The van der Waals surface area contributed by atoms with Crippen molar-refractivity contribution in [2.45, 2.75) is 19.4 Å². The summed E-state index contributed by atoms with van der Waals surface area (Å²) in [6.45, 7) is 4.52. The van der Waals surface area contributed by atoms with Crippen LogP contribution in [0.2, 0.25) is 0 Å². The van der Waals surface area contributed by atoms with E-state index in [0.717, 1.165) is 51.3 Å². The number of fused-ring (bicyclic) bond motifs is 1. The van der Waals surface area contributed by atoms with Gasteiger partial charge < -0.3 is 15.1 Å². The van der Waals surface area contributed by atoms with Crippen molar-refractivity contribution in [2.75, 3.05) is 38.1 Å². The predicted molar refractivity (Wildman–Crippen MR) is 80.7 cm³/mol. The SMILES string of the molecule is CN1CCN(C(=O)C2CCCNC2)c2ccccc2C1. The van der Waals surface area contributed by atoms with E-state index >= 15 is 0 Å². The number of para-hydroxylation sites is 1. The molecule has 4 nitrogen and oxygen atoms in total. The third-order valence-corrected chi connectivity index (χ3v) is 4.34. The summed E-state index contributed by atoms with van der Waals surface area (Å²) in [7, 11) is 2.12. The molecule has 1 unspecified atom stereocenters. The first-order chi connectivity index (χ1) is 9.75. The van der Waals surface area contributed by atoms with Crippen LogP contribution in [0.15, 0.2) is 24.3 Å². The second-order valence-electron chi connectivity index (χ2n) is 5.90. The summed E-state index contributed by atoms with van der Waals surface area (Å²) in [5.74, 6) is 0.431. The van der Waals surface area contributed by atoms with Crippen molar-refractivity contribution in [2.24, 2.45) is 5.92 Å². The number of hydrogen-bond donors (Lipinski definition) is 1. The summed E-state index contributed by atoms with van der Waals surface area (Å²) >= 11 is 0. The molecular weight excluding hydrogens is 250 g/mol. The van der Waals surface area contributed by atoms with Gasteiger partial charge in [-0.05, 0) is 38.1 Å². The van der Waals surface area contributed by atoms with Crippen LogP contribution in [-0.4, -0.2) is 44.0 Å². The zero-order chi connectivity index (χ0) is 13.9. The molecule has 0 aromatic heterocycles. The molecule has 3 rings (SSSR count). The number of benzene rings is 1. The number of piperidine rings is 1. The van der Waals surface area contributed by atoms with Crippen LogP contribution in [-0.2, 0) is 11.3 Å². The highest BCUT2D eigenvalue weighted by atomic mass is 16.2. The summed E-state index contributed by atoms with van der Waals surface area (Å²) in [5, 5.41) is 3.35. The van der Waals surface area contributed by atoms with Gasteiger partial charge >= 0.3 is 0 Å². The molecule has 1 amide bonds. The van der Waals surface area contributed by atoms with Crippen molar-refractivity contribution in [3.63, 3.8) is 0 Å². The van der Waals surface area contributed by atoms with E-state index in [1.165, 1.54) is 5.56 Å². The molecule has 4 heteroatoms. The van der Waals surface area contributed by atoms with Crippen molar-refractivity contribution < 1.29 is 4.79 Å². The van der Waals surface area contributed by atoms with Crippen molar-refractivity contribution in [3.05, 3.63) is 29.8 Å². The fourth-order valence-electron chi connectivity index (χ4n) is 3.18. The molecule has 0 saturated carbocycles. The molecule has 2 aliphatic heterocycles. The van der Waals surface area contributed by atoms with Gasteiger partial charge in [-0.2, -0.15) is 0 Å². The number of amides is 1. The number of nitrogens with one attached hydrogen (secondary N) is 1. The number of carbonyl (C=O) groups is 1. The number of carbonyl (C=O) groups excluding carboxylic acids is 1. The monoisotopic (exact) mass is 273 g/mol. The fraction of sp³-hybridized carbons (Fsp3) is 0.562. The Morgan fingerprint density at radius 3 is 2.95 bits per heavy atom. The van der Waals surface area contributed by atoms with Gasteiger partial charge in [-0.3, -0.25) is 4.79 Å². The van der Waals surface area contributed by atoms with Gasteiger partial charge in [-0.15, -0.1) is 0 Å². The lowest BCUT2D eigenvalue weighted by Crippen LogP contribution is -2.44. The third-order valence-electron chi connectivity index (χ3n) is 4.34. The Bertz CT molecular complexity index is 482. The van der Waals surface area contributed by atoms with E-state index in [0.29, 0.717) is 5.91 Å². The standard InChI is InChI=1S/C16H23N3O/c1-18-9-10-19(15-7-3-2-5-14(15)12-18)16(20)13-6-4-8-17-11-13/h2-3,5,7,13,17H,4,6,8-12H2,1H3. The van der Waals surface area contributed by atoms with Crippen LogP contribution >= 0.6 is 0 Å². The van der Waals surface area contributed by atoms with E-state index < -0.39 is 0 Å². The Hall–Kier alpha value is -1.39. The van der Waals surface area contributed by atoms with E-state index in [1.807, 2.05) is 11.0 Å². The molecule has 1 atom stereocenters. The van der Waals surface area contributed by atoms with Gasteiger partial charge in [0.15, 0.2) is 0 Å². The summed E-state index contributed by atoms with van der Waals surface area (Å²) in [5.41, 5.74) is 2.36.